The second-order valence-electron chi connectivity index (χ2n) is 5.33. The summed E-state index contributed by atoms with van der Waals surface area (Å²) in [4.78, 5) is 15.0. The van der Waals surface area contributed by atoms with Crippen molar-refractivity contribution in [2.24, 2.45) is 5.73 Å². The minimum absolute atomic E-state index is 0.0646. The lowest BCUT2D eigenvalue weighted by Gasteiger charge is -2.20. The number of alkyl halides is 3. The highest BCUT2D eigenvalue weighted by Gasteiger charge is 2.33. The van der Waals surface area contributed by atoms with Crippen LogP contribution in [0.5, 0.6) is 11.6 Å². The Balaban J connectivity index is 1.97. The van der Waals surface area contributed by atoms with E-state index >= 15 is 0 Å². The first kappa shape index (κ1) is 16.3. The molecule has 0 unspecified atom stereocenters. The first-order valence-corrected chi connectivity index (χ1v) is 7.24. The van der Waals surface area contributed by atoms with Crippen molar-refractivity contribution in [1.29, 1.82) is 0 Å². The number of fused-ring (bicyclic) bond motifs is 1. The average Bonchev–Trinajstić information content (AvgIpc) is 2.53. The molecule has 3 rings (SSSR count). The predicted molar refractivity (Wildman–Crippen MR) is 80.6 cm³/mol. The molecule has 3 N–H and O–H groups in total. The first-order valence-electron chi connectivity index (χ1n) is 7.24. The molecular formula is C16H14F3N3O2. The molecule has 0 spiro atoms. The number of pyridine rings is 1. The second-order valence-corrected chi connectivity index (χ2v) is 5.33. The maximum atomic E-state index is 12.9. The van der Waals surface area contributed by atoms with Gasteiger partial charge in [-0.05, 0) is 30.2 Å². The number of anilines is 1. The van der Waals surface area contributed by atoms with Gasteiger partial charge < -0.3 is 15.8 Å². The van der Waals surface area contributed by atoms with Crippen LogP contribution in [0.15, 0.2) is 30.3 Å². The fourth-order valence-corrected chi connectivity index (χ4v) is 2.47. The number of nitrogens with zero attached hydrogens (tertiary/aromatic N) is 1. The van der Waals surface area contributed by atoms with Gasteiger partial charge in [-0.2, -0.15) is 13.2 Å². The quantitative estimate of drug-likeness (QED) is 0.901. The minimum Gasteiger partial charge on any atom is -0.439 e. The van der Waals surface area contributed by atoms with Crippen molar-refractivity contribution < 1.29 is 22.7 Å². The Morgan fingerprint density at radius 1 is 1.25 bits per heavy atom. The molecule has 8 heteroatoms. The largest absolute Gasteiger partial charge is 0.439 e. The molecule has 1 aromatic carbocycles. The summed E-state index contributed by atoms with van der Waals surface area (Å²) in [6.07, 6.45) is -3.86. The van der Waals surface area contributed by atoms with Crippen molar-refractivity contribution in [3.05, 3.63) is 47.2 Å². The third kappa shape index (κ3) is 3.33. The van der Waals surface area contributed by atoms with Crippen LogP contribution in [-0.2, 0) is 23.9 Å². The molecule has 1 aliphatic heterocycles. The number of nitrogens with two attached hydrogens (primary N) is 1. The zero-order valence-corrected chi connectivity index (χ0v) is 12.5. The van der Waals surface area contributed by atoms with Gasteiger partial charge in [-0.25, -0.2) is 4.98 Å². The normalized spacial score (nSPS) is 14.1. The molecule has 0 saturated carbocycles. The summed E-state index contributed by atoms with van der Waals surface area (Å²) in [5.74, 6) is 0.0696. The van der Waals surface area contributed by atoms with Crippen LogP contribution in [0.4, 0.5) is 18.9 Å². The zero-order valence-electron chi connectivity index (χ0n) is 12.5. The lowest BCUT2D eigenvalue weighted by molar-refractivity contribution is -0.141. The van der Waals surface area contributed by atoms with Crippen LogP contribution in [0, 0.1) is 0 Å². The Bertz CT molecular complexity index is 791. The summed E-state index contributed by atoms with van der Waals surface area (Å²) in [6, 6.07) is 7.26. The van der Waals surface area contributed by atoms with Crippen LogP contribution in [0.25, 0.3) is 0 Å². The van der Waals surface area contributed by atoms with Gasteiger partial charge in [0.15, 0.2) is 0 Å². The molecule has 0 atom stereocenters. The van der Waals surface area contributed by atoms with Crippen molar-refractivity contribution in [2.75, 3.05) is 5.32 Å². The third-order valence-electron chi connectivity index (χ3n) is 3.61. The zero-order chi connectivity index (χ0) is 17.3. The standard InChI is InChI=1S/C16H14F3N3O2/c17-16(18,19)13-6-9(8-20)7-15(22-13)24-12-3-1-2-11-10(12)4-5-14(23)21-11/h1-3,6-7H,4-5,8,20H2,(H,21,23). The molecule has 0 aliphatic carbocycles. The van der Waals surface area contributed by atoms with Gasteiger partial charge in [0.25, 0.3) is 0 Å². The number of rotatable bonds is 3. The SMILES string of the molecule is NCc1cc(Oc2cccc3c2CCC(=O)N3)nc(C(F)(F)F)c1. The van der Waals surface area contributed by atoms with Crippen molar-refractivity contribution in [3.8, 4) is 11.6 Å². The van der Waals surface area contributed by atoms with Gasteiger partial charge in [0.05, 0.1) is 0 Å². The Kier molecular flexibility index (Phi) is 4.15. The molecule has 24 heavy (non-hydrogen) atoms. The summed E-state index contributed by atoms with van der Waals surface area (Å²) in [5.41, 5.74) is 5.98. The highest BCUT2D eigenvalue weighted by Crippen LogP contribution is 2.35. The number of halogens is 3. The van der Waals surface area contributed by atoms with Crippen LogP contribution in [0.3, 0.4) is 0 Å². The van der Waals surface area contributed by atoms with Crippen molar-refractivity contribution >= 4 is 11.6 Å². The molecule has 0 saturated heterocycles. The number of benzene rings is 1. The van der Waals surface area contributed by atoms with Crippen LogP contribution in [0.1, 0.15) is 23.2 Å². The molecule has 0 fully saturated rings. The number of hydrogen-bond donors (Lipinski definition) is 2. The highest BCUT2D eigenvalue weighted by molar-refractivity contribution is 5.94. The molecule has 2 heterocycles. The number of carbonyl (C=O) groups is 1. The van der Waals surface area contributed by atoms with E-state index in [1.165, 1.54) is 6.07 Å². The lowest BCUT2D eigenvalue weighted by Crippen LogP contribution is -2.19. The molecule has 1 aliphatic rings. The van der Waals surface area contributed by atoms with E-state index in [1.54, 1.807) is 18.2 Å². The maximum absolute atomic E-state index is 12.9. The highest BCUT2D eigenvalue weighted by atomic mass is 19.4. The van der Waals surface area contributed by atoms with Gasteiger partial charge in [0.1, 0.15) is 11.4 Å². The van der Waals surface area contributed by atoms with E-state index in [9.17, 15) is 18.0 Å². The summed E-state index contributed by atoms with van der Waals surface area (Å²) < 4.78 is 44.4. The van der Waals surface area contributed by atoms with Gasteiger partial charge in [-0.1, -0.05) is 6.07 Å². The summed E-state index contributed by atoms with van der Waals surface area (Å²) in [5, 5.41) is 2.70. The molecule has 1 amide bonds. The maximum Gasteiger partial charge on any atom is 0.433 e. The summed E-state index contributed by atoms with van der Waals surface area (Å²) in [7, 11) is 0. The Morgan fingerprint density at radius 3 is 2.75 bits per heavy atom. The van der Waals surface area contributed by atoms with E-state index in [0.717, 1.165) is 11.6 Å². The monoisotopic (exact) mass is 337 g/mol. The van der Waals surface area contributed by atoms with Crippen LogP contribution < -0.4 is 15.8 Å². The van der Waals surface area contributed by atoms with Crippen molar-refractivity contribution in [2.45, 2.75) is 25.6 Å². The molecule has 5 nitrogen and oxygen atoms in total. The Hall–Kier alpha value is -2.61. The number of amides is 1. The van der Waals surface area contributed by atoms with E-state index in [-0.39, 0.29) is 30.3 Å². The van der Waals surface area contributed by atoms with Gasteiger partial charge in [0.2, 0.25) is 11.8 Å². The van der Waals surface area contributed by atoms with Crippen molar-refractivity contribution in [3.63, 3.8) is 0 Å². The first-order chi connectivity index (χ1) is 11.4. The van der Waals surface area contributed by atoms with Crippen LogP contribution in [0.2, 0.25) is 0 Å². The molecule has 0 bridgehead atoms. The fraction of sp³-hybridized carbons (Fsp3) is 0.250. The van der Waals surface area contributed by atoms with Gasteiger partial charge in [-0.3, -0.25) is 4.79 Å². The molecule has 126 valence electrons. The number of carbonyl (C=O) groups excluding carboxylic acids is 1. The Labute approximate surface area is 135 Å². The van der Waals surface area contributed by atoms with Crippen LogP contribution in [-0.4, -0.2) is 10.9 Å². The van der Waals surface area contributed by atoms with Crippen molar-refractivity contribution in [1.82, 2.24) is 4.98 Å². The van der Waals surface area contributed by atoms with Gasteiger partial charge >= 0.3 is 6.18 Å². The lowest BCUT2D eigenvalue weighted by atomic mass is 10.0. The predicted octanol–water partition coefficient (Wildman–Crippen LogP) is 3.24. The van der Waals surface area contributed by atoms with E-state index in [2.05, 4.69) is 10.3 Å². The topological polar surface area (TPSA) is 77.2 Å². The summed E-state index contributed by atoms with van der Waals surface area (Å²) in [6.45, 7) is -0.0646. The van der Waals surface area contributed by atoms with Gasteiger partial charge in [0, 0.05) is 30.3 Å². The van der Waals surface area contributed by atoms with E-state index in [0.29, 0.717) is 17.9 Å². The van der Waals surface area contributed by atoms with E-state index < -0.39 is 11.9 Å². The smallest absolute Gasteiger partial charge is 0.433 e. The minimum atomic E-state index is -4.59. The number of hydrogen-bond acceptors (Lipinski definition) is 4. The summed E-state index contributed by atoms with van der Waals surface area (Å²) >= 11 is 0. The Morgan fingerprint density at radius 2 is 2.04 bits per heavy atom. The van der Waals surface area contributed by atoms with E-state index in [4.69, 9.17) is 10.5 Å². The molecular weight excluding hydrogens is 323 g/mol. The molecule has 1 aromatic heterocycles. The number of nitrogens with one attached hydrogen (secondary N) is 1. The van der Waals surface area contributed by atoms with E-state index in [1.807, 2.05) is 0 Å². The number of aromatic nitrogens is 1. The number of ether oxygens (including phenoxy) is 1. The average molecular weight is 337 g/mol. The third-order valence-corrected chi connectivity index (χ3v) is 3.61. The fourth-order valence-electron chi connectivity index (χ4n) is 2.47. The molecule has 0 radical (unpaired) electrons. The van der Waals surface area contributed by atoms with Gasteiger partial charge in [-0.15, -0.1) is 0 Å². The molecule has 2 aromatic rings. The van der Waals surface area contributed by atoms with Crippen LogP contribution >= 0.6 is 0 Å². The second kappa shape index (κ2) is 6.12.